The first-order chi connectivity index (χ1) is 12.2. The molecule has 7 N–H and O–H groups in total. The Morgan fingerprint density at radius 2 is 1.96 bits per heavy atom. The van der Waals surface area contributed by atoms with Gasteiger partial charge in [-0.2, -0.15) is 14.8 Å². The van der Waals surface area contributed by atoms with Gasteiger partial charge in [0.1, 0.15) is 5.69 Å². The Hall–Kier alpha value is -0.982. The second kappa shape index (κ2) is 8.36. The molecule has 0 aliphatic carbocycles. The van der Waals surface area contributed by atoms with E-state index in [-0.39, 0.29) is 27.3 Å². The van der Waals surface area contributed by atoms with Crippen molar-refractivity contribution < 1.29 is 46.8 Å². The van der Waals surface area contributed by atoms with Gasteiger partial charge in [-0.3, -0.25) is 14.3 Å². The molecule has 3 heterocycles. The van der Waals surface area contributed by atoms with Crippen molar-refractivity contribution in [1.29, 1.82) is 0 Å². The maximum atomic E-state index is 11.9. The molecule has 0 saturated carbocycles. The Balaban J connectivity index is 0.00000117. The van der Waals surface area contributed by atoms with Crippen LogP contribution in [0.3, 0.4) is 0 Å². The Kier molecular flexibility index (Phi) is 6.85. The molecule has 0 aromatic carbocycles. The molecular formula is C10H12MoN5O7PS2-2. The van der Waals surface area contributed by atoms with Crippen LogP contribution in [-0.4, -0.2) is 44.7 Å². The van der Waals surface area contributed by atoms with Gasteiger partial charge >= 0.3 is 31.0 Å². The number of nitrogen functional groups attached to an aromatic ring is 1. The molecule has 16 heteroatoms. The van der Waals surface area contributed by atoms with Crippen LogP contribution < -0.4 is 21.9 Å². The summed E-state index contributed by atoms with van der Waals surface area (Å²) in [7, 11) is -4.67. The zero-order chi connectivity index (χ0) is 19.6. The van der Waals surface area contributed by atoms with Gasteiger partial charge in [0, 0.05) is 0 Å². The molecule has 0 saturated heterocycles. The number of nitrogens with one attached hydrogen (secondary N) is 3. The first kappa shape index (κ1) is 21.3. The van der Waals surface area contributed by atoms with Gasteiger partial charge < -0.3 is 56.1 Å². The van der Waals surface area contributed by atoms with Gasteiger partial charge in [0.2, 0.25) is 5.95 Å². The van der Waals surface area contributed by atoms with Gasteiger partial charge in [0.15, 0.2) is 12.0 Å². The number of anilines is 3. The molecule has 0 spiro atoms. The predicted octanol–water partition coefficient (Wildman–Crippen LogP) is -1.42. The van der Waals surface area contributed by atoms with Gasteiger partial charge in [-0.05, 0) is 0 Å². The molecule has 26 heavy (non-hydrogen) atoms. The summed E-state index contributed by atoms with van der Waals surface area (Å²) in [6, 6.07) is -0.627. The molecule has 2 aliphatic heterocycles. The van der Waals surface area contributed by atoms with Gasteiger partial charge in [-0.15, -0.1) is 0 Å². The van der Waals surface area contributed by atoms with E-state index in [1.54, 1.807) is 0 Å². The van der Waals surface area contributed by atoms with Gasteiger partial charge in [0.05, 0.1) is 18.8 Å². The molecule has 0 amide bonds. The predicted molar refractivity (Wildman–Crippen MR) is 89.4 cm³/mol. The minimum absolute atomic E-state index is 0.0817. The Morgan fingerprint density at radius 3 is 2.58 bits per heavy atom. The summed E-state index contributed by atoms with van der Waals surface area (Å²) in [6.45, 7) is -0.466. The van der Waals surface area contributed by atoms with Crippen molar-refractivity contribution in [2.75, 3.05) is 23.0 Å². The van der Waals surface area contributed by atoms with Crippen molar-refractivity contribution in [2.24, 2.45) is 0 Å². The first-order valence-corrected chi connectivity index (χ1v) is 9.85. The zero-order valence-corrected chi connectivity index (χ0v) is 17.1. The molecular weight excluding hydrogens is 493 g/mol. The molecule has 144 valence electrons. The second-order valence-corrected chi connectivity index (χ2v) is 7.12. The number of aromatic nitrogens is 2. The molecule has 0 fully saturated rings. The average molecular weight is 505 g/mol. The summed E-state index contributed by atoms with van der Waals surface area (Å²) in [6.07, 6.45) is -1.70. The summed E-state index contributed by atoms with van der Waals surface area (Å²) < 4.78 is 29.2. The first-order valence-electron chi connectivity index (χ1n) is 6.69. The quantitative estimate of drug-likeness (QED) is 0.160. The van der Waals surface area contributed by atoms with Crippen molar-refractivity contribution >= 4 is 50.5 Å². The normalized spacial score (nSPS) is 24.3. The van der Waals surface area contributed by atoms with Crippen molar-refractivity contribution in [3.63, 3.8) is 0 Å². The number of ether oxygens (including phenoxy) is 1. The molecule has 2 aliphatic rings. The number of nitrogens with two attached hydrogens (primary N) is 1. The Bertz CT molecular complexity index is 832. The maximum absolute atomic E-state index is 11.9. The molecule has 3 rings (SSSR count). The van der Waals surface area contributed by atoms with E-state index in [0.29, 0.717) is 19.8 Å². The van der Waals surface area contributed by atoms with Crippen LogP contribution in [0.25, 0.3) is 0 Å². The topological polar surface area (TPSA) is 189 Å². The molecule has 1 aromatic heterocycles. The molecule has 3 atom stereocenters. The number of aromatic amines is 1. The molecule has 0 bridgehead atoms. The number of hydrogen-bond donors (Lipinski definition) is 6. The zero-order valence-electron chi connectivity index (χ0n) is 12.6. The van der Waals surface area contributed by atoms with Crippen molar-refractivity contribution in [3.8, 4) is 0 Å². The van der Waals surface area contributed by atoms with Crippen LogP contribution in [0.2, 0.25) is 0 Å². The number of phosphoric acid groups is 1. The molecule has 12 nitrogen and oxygen atoms in total. The number of fused-ring (bicyclic) bond motifs is 2. The Labute approximate surface area is 168 Å². The van der Waals surface area contributed by atoms with E-state index in [1.165, 1.54) is 0 Å². The van der Waals surface area contributed by atoms with Crippen molar-refractivity contribution in [2.45, 2.75) is 18.4 Å². The second-order valence-electron chi connectivity index (χ2n) is 5.00. The summed E-state index contributed by atoms with van der Waals surface area (Å²) in [5.41, 5.74) is 5.15. The van der Waals surface area contributed by atoms with Crippen molar-refractivity contribution in [3.05, 3.63) is 20.2 Å². The third kappa shape index (κ3) is 4.64. The fourth-order valence-electron chi connectivity index (χ4n) is 2.32. The van der Waals surface area contributed by atoms with E-state index in [0.717, 1.165) is 0 Å². The van der Waals surface area contributed by atoms with Crippen molar-refractivity contribution in [1.82, 2.24) is 9.97 Å². The van der Waals surface area contributed by atoms with E-state index in [4.69, 9.17) is 48.9 Å². The van der Waals surface area contributed by atoms with Gasteiger partial charge in [-0.25, -0.2) is 4.57 Å². The third-order valence-electron chi connectivity index (χ3n) is 3.34. The van der Waals surface area contributed by atoms with Crippen LogP contribution in [0.15, 0.2) is 14.6 Å². The SMILES string of the molecule is Nc1nc2c(c(=O)[nH]1)NC1C([S-])=C([S-])C(COP(=O)(O)O)OC1N2.[O]=[Mo]. The monoisotopic (exact) mass is 507 g/mol. The van der Waals surface area contributed by atoms with E-state index >= 15 is 0 Å². The molecule has 3 unspecified atom stereocenters. The van der Waals surface area contributed by atoms with Crippen LogP contribution in [-0.2, 0) is 62.3 Å². The minimum atomic E-state index is -4.67. The molecule has 1 aromatic rings. The summed E-state index contributed by atoms with van der Waals surface area (Å²) >= 11 is 11.1. The van der Waals surface area contributed by atoms with Gasteiger partial charge in [0.25, 0.3) is 5.56 Å². The fraction of sp³-hybridized carbons (Fsp3) is 0.400. The van der Waals surface area contributed by atoms with E-state index in [9.17, 15) is 9.36 Å². The van der Waals surface area contributed by atoms with Crippen LogP contribution in [0, 0.1) is 0 Å². The average Bonchev–Trinajstić information content (AvgIpc) is 2.56. The van der Waals surface area contributed by atoms with Crippen LogP contribution >= 0.6 is 7.82 Å². The van der Waals surface area contributed by atoms with E-state index in [2.05, 4.69) is 25.1 Å². The number of nitrogens with zero attached hydrogens (tertiary/aromatic N) is 1. The van der Waals surface area contributed by atoms with Crippen LogP contribution in [0.4, 0.5) is 17.5 Å². The Morgan fingerprint density at radius 1 is 1.31 bits per heavy atom. The number of phosphoric ester groups is 1. The number of H-pyrrole nitrogens is 1. The summed E-state index contributed by atoms with van der Waals surface area (Å²) in [5.74, 6) is 0.0876. The van der Waals surface area contributed by atoms with E-state index < -0.39 is 38.4 Å². The van der Waals surface area contributed by atoms with Gasteiger partial charge in [-0.1, -0.05) is 0 Å². The summed E-state index contributed by atoms with van der Waals surface area (Å²) in [4.78, 5) is 36.3. The third-order valence-corrected chi connectivity index (χ3v) is 4.91. The van der Waals surface area contributed by atoms with Crippen LogP contribution in [0.5, 0.6) is 0 Å². The standard InChI is InChI=1S/C10H14N5O6PS2.Mo.O/c11-10-14-7-4(8(16)15-10)12-3-6(24)5(23)2(21-9(3)13-7)1-20-22(17,18)19;;/h2-3,9,12,23-24H,1H2,(H2,17,18,19)(H4,11,13,14,15,16);;/p-2. The number of hydrogen-bond acceptors (Lipinski definition) is 11. The summed E-state index contributed by atoms with van der Waals surface area (Å²) in [5, 5.41) is 5.76. The fourth-order valence-corrected chi connectivity index (χ4v) is 3.22. The molecule has 0 radical (unpaired) electrons. The van der Waals surface area contributed by atoms with E-state index in [1.807, 2.05) is 0 Å². The number of rotatable bonds is 3. The van der Waals surface area contributed by atoms with Crippen LogP contribution in [0.1, 0.15) is 0 Å².